The summed E-state index contributed by atoms with van der Waals surface area (Å²) in [7, 11) is 0. The molecule has 0 radical (unpaired) electrons. The molecular weight excluding hydrogens is 248 g/mol. The molecule has 0 bridgehead atoms. The number of carbonyl (C=O) groups is 2. The molecule has 0 aromatic carbocycles. The maximum absolute atomic E-state index is 11.6. The smallest absolute Gasteiger partial charge is 0.315 e. The van der Waals surface area contributed by atoms with Crippen LogP contribution in [0.4, 0.5) is 4.79 Å². The van der Waals surface area contributed by atoms with Crippen LogP contribution < -0.4 is 10.6 Å². The summed E-state index contributed by atoms with van der Waals surface area (Å²) in [6, 6.07) is 1.32. The lowest BCUT2D eigenvalue weighted by Crippen LogP contribution is -2.49. The third-order valence-electron chi connectivity index (χ3n) is 3.42. The third kappa shape index (κ3) is 3.18. The van der Waals surface area contributed by atoms with E-state index in [-0.39, 0.29) is 19.1 Å². The van der Waals surface area contributed by atoms with Gasteiger partial charge in [-0.3, -0.25) is 4.79 Å². The zero-order valence-electron chi connectivity index (χ0n) is 10.4. The third-order valence-corrected chi connectivity index (χ3v) is 3.42. The summed E-state index contributed by atoms with van der Waals surface area (Å²) in [5.41, 5.74) is -0.0755. The number of carboxylic acids is 1. The predicted molar refractivity (Wildman–Crippen MR) is 66.2 cm³/mol. The van der Waals surface area contributed by atoms with Crippen LogP contribution in [0.2, 0.25) is 0 Å². The molecule has 3 N–H and O–H groups in total. The van der Waals surface area contributed by atoms with Gasteiger partial charge in [-0.1, -0.05) is 6.42 Å². The van der Waals surface area contributed by atoms with E-state index in [1.54, 1.807) is 12.3 Å². The second-order valence-electron chi connectivity index (χ2n) is 4.68. The van der Waals surface area contributed by atoms with Gasteiger partial charge in [0.1, 0.15) is 6.33 Å². The normalized spacial score (nSPS) is 16.2. The molecule has 1 aromatic rings. The monoisotopic (exact) mass is 264 g/mol. The summed E-state index contributed by atoms with van der Waals surface area (Å²) < 4.78 is 0. The Morgan fingerprint density at radius 3 is 2.68 bits per heavy atom. The van der Waals surface area contributed by atoms with Crippen molar-refractivity contribution in [2.24, 2.45) is 5.41 Å². The van der Waals surface area contributed by atoms with E-state index in [9.17, 15) is 9.59 Å². The fraction of sp³-hybridized carbons (Fsp3) is 0.500. The van der Waals surface area contributed by atoms with Gasteiger partial charge in [0.15, 0.2) is 0 Å². The summed E-state index contributed by atoms with van der Waals surface area (Å²) >= 11 is 0. The van der Waals surface area contributed by atoms with Gasteiger partial charge in [-0.05, 0) is 18.9 Å². The first kappa shape index (κ1) is 13.3. The van der Waals surface area contributed by atoms with E-state index in [2.05, 4.69) is 20.6 Å². The van der Waals surface area contributed by atoms with Crippen molar-refractivity contribution >= 4 is 12.0 Å². The highest BCUT2D eigenvalue weighted by Crippen LogP contribution is 2.40. The summed E-state index contributed by atoms with van der Waals surface area (Å²) in [5.74, 6) is -0.838. The molecule has 1 heterocycles. The van der Waals surface area contributed by atoms with E-state index in [1.165, 1.54) is 6.33 Å². The molecule has 7 heteroatoms. The Labute approximate surface area is 110 Å². The highest BCUT2D eigenvalue weighted by atomic mass is 16.4. The van der Waals surface area contributed by atoms with Crippen molar-refractivity contribution in [2.45, 2.75) is 25.8 Å². The first-order valence-electron chi connectivity index (χ1n) is 6.12. The second kappa shape index (κ2) is 5.64. The Kier molecular flexibility index (Phi) is 3.94. The van der Waals surface area contributed by atoms with Gasteiger partial charge < -0.3 is 15.7 Å². The molecule has 2 rings (SSSR count). The van der Waals surface area contributed by atoms with E-state index < -0.39 is 11.4 Å². The number of amides is 2. The van der Waals surface area contributed by atoms with Crippen LogP contribution in [0.15, 0.2) is 18.6 Å². The first-order valence-corrected chi connectivity index (χ1v) is 6.12. The van der Waals surface area contributed by atoms with Gasteiger partial charge in [0.05, 0.1) is 17.7 Å². The van der Waals surface area contributed by atoms with Gasteiger partial charge in [0, 0.05) is 12.7 Å². The minimum absolute atomic E-state index is 0.165. The van der Waals surface area contributed by atoms with Crippen molar-refractivity contribution in [3.8, 4) is 0 Å². The molecule has 1 aliphatic carbocycles. The summed E-state index contributed by atoms with van der Waals surface area (Å²) in [4.78, 5) is 30.4. The lowest BCUT2D eigenvalue weighted by atomic mass is 9.69. The Balaban J connectivity index is 1.74. The molecule has 0 unspecified atom stereocenters. The molecule has 1 aliphatic rings. The van der Waals surface area contributed by atoms with Gasteiger partial charge >= 0.3 is 12.0 Å². The van der Waals surface area contributed by atoms with Gasteiger partial charge in [0.2, 0.25) is 0 Å². The van der Waals surface area contributed by atoms with Gasteiger partial charge in [0.25, 0.3) is 0 Å². The number of carbonyl (C=O) groups excluding carboxylic acids is 1. The van der Waals surface area contributed by atoms with Crippen LogP contribution in [-0.4, -0.2) is 33.6 Å². The zero-order valence-corrected chi connectivity index (χ0v) is 10.4. The van der Waals surface area contributed by atoms with Crippen LogP contribution in [0.5, 0.6) is 0 Å². The molecule has 7 nitrogen and oxygen atoms in total. The van der Waals surface area contributed by atoms with Crippen LogP contribution in [0.25, 0.3) is 0 Å². The average Bonchev–Trinajstić information content (AvgIpc) is 2.36. The highest BCUT2D eigenvalue weighted by Gasteiger charge is 2.44. The van der Waals surface area contributed by atoms with Gasteiger partial charge in [-0.15, -0.1) is 0 Å². The molecule has 1 fully saturated rings. The largest absolute Gasteiger partial charge is 0.481 e. The SMILES string of the molecule is O=C(NCc1ccncn1)NCC1(C(=O)O)CCC1. The van der Waals surface area contributed by atoms with Crippen molar-refractivity contribution < 1.29 is 14.7 Å². The van der Waals surface area contributed by atoms with E-state index >= 15 is 0 Å². The maximum atomic E-state index is 11.6. The summed E-state index contributed by atoms with van der Waals surface area (Å²) in [5, 5.41) is 14.3. The van der Waals surface area contributed by atoms with E-state index in [4.69, 9.17) is 5.11 Å². The van der Waals surface area contributed by atoms with Crippen molar-refractivity contribution in [2.75, 3.05) is 6.54 Å². The molecular formula is C12H16N4O3. The molecule has 102 valence electrons. The number of aromatic nitrogens is 2. The van der Waals surface area contributed by atoms with Gasteiger partial charge in [-0.25, -0.2) is 14.8 Å². The molecule has 19 heavy (non-hydrogen) atoms. The second-order valence-corrected chi connectivity index (χ2v) is 4.68. The molecule has 0 atom stereocenters. The van der Waals surface area contributed by atoms with E-state index in [0.29, 0.717) is 18.5 Å². The Bertz CT molecular complexity index is 459. The molecule has 1 saturated carbocycles. The lowest BCUT2D eigenvalue weighted by Gasteiger charge is -2.37. The van der Waals surface area contributed by atoms with Crippen molar-refractivity contribution in [3.63, 3.8) is 0 Å². The van der Waals surface area contributed by atoms with Crippen LogP contribution >= 0.6 is 0 Å². The molecule has 0 spiro atoms. The van der Waals surface area contributed by atoms with Gasteiger partial charge in [-0.2, -0.15) is 0 Å². The average molecular weight is 264 g/mol. The maximum Gasteiger partial charge on any atom is 0.315 e. The van der Waals surface area contributed by atoms with Crippen LogP contribution in [0.3, 0.4) is 0 Å². The number of carboxylic acid groups (broad SMARTS) is 1. The fourth-order valence-electron chi connectivity index (χ4n) is 1.98. The number of hydrogen-bond acceptors (Lipinski definition) is 4. The summed E-state index contributed by atoms with van der Waals surface area (Å²) in [6.07, 6.45) is 5.14. The van der Waals surface area contributed by atoms with E-state index in [0.717, 1.165) is 6.42 Å². The quantitative estimate of drug-likeness (QED) is 0.719. The zero-order chi connectivity index (χ0) is 13.7. The highest BCUT2D eigenvalue weighted by molar-refractivity contribution is 5.78. The van der Waals surface area contributed by atoms with Crippen molar-refractivity contribution in [1.29, 1.82) is 0 Å². The Hall–Kier alpha value is -2.18. The number of urea groups is 1. The lowest BCUT2D eigenvalue weighted by molar-refractivity contribution is -0.153. The van der Waals surface area contributed by atoms with Crippen molar-refractivity contribution in [3.05, 3.63) is 24.3 Å². The number of hydrogen-bond donors (Lipinski definition) is 3. The first-order chi connectivity index (χ1) is 9.12. The Morgan fingerprint density at radius 2 is 2.16 bits per heavy atom. The molecule has 0 aliphatic heterocycles. The number of nitrogens with zero attached hydrogens (tertiary/aromatic N) is 2. The molecule has 1 aromatic heterocycles. The minimum atomic E-state index is -0.838. The fourth-order valence-corrected chi connectivity index (χ4v) is 1.98. The number of nitrogens with one attached hydrogen (secondary N) is 2. The molecule has 2 amide bonds. The topological polar surface area (TPSA) is 104 Å². The van der Waals surface area contributed by atoms with Crippen LogP contribution in [0.1, 0.15) is 25.0 Å². The van der Waals surface area contributed by atoms with E-state index in [1.807, 2.05) is 0 Å². The van der Waals surface area contributed by atoms with Crippen LogP contribution in [-0.2, 0) is 11.3 Å². The standard InChI is InChI=1S/C12H16N4O3/c17-10(18)12(3-1-4-12)7-15-11(19)14-6-9-2-5-13-8-16-9/h2,5,8H,1,3-4,6-7H2,(H,17,18)(H2,14,15,19). The number of rotatable bonds is 5. The predicted octanol–water partition coefficient (Wildman–Crippen LogP) is 0.531. The molecule has 0 saturated heterocycles. The van der Waals surface area contributed by atoms with Crippen molar-refractivity contribution in [1.82, 2.24) is 20.6 Å². The van der Waals surface area contributed by atoms with Crippen LogP contribution in [0, 0.1) is 5.41 Å². The minimum Gasteiger partial charge on any atom is -0.481 e. The summed E-state index contributed by atoms with van der Waals surface area (Å²) in [6.45, 7) is 0.451. The number of aliphatic carboxylic acids is 1. The Morgan fingerprint density at radius 1 is 1.37 bits per heavy atom.